The highest BCUT2D eigenvalue weighted by Crippen LogP contribution is 2.31. The van der Waals surface area contributed by atoms with E-state index in [0.717, 1.165) is 23.9 Å². The molecule has 0 saturated carbocycles. The maximum Gasteiger partial charge on any atom is 0.416 e. The maximum absolute atomic E-state index is 13.6. The zero-order chi connectivity index (χ0) is 22.4. The number of ether oxygens (including phenoxy) is 1. The Morgan fingerprint density at radius 1 is 1.16 bits per heavy atom. The van der Waals surface area contributed by atoms with Gasteiger partial charge < -0.3 is 14.6 Å². The number of hydrogen-bond acceptors (Lipinski definition) is 5. The Bertz CT molecular complexity index is 1060. The van der Waals surface area contributed by atoms with Gasteiger partial charge in [-0.2, -0.15) is 13.2 Å². The molecule has 31 heavy (non-hydrogen) atoms. The van der Waals surface area contributed by atoms with E-state index >= 15 is 0 Å². The Morgan fingerprint density at radius 2 is 1.94 bits per heavy atom. The molecular weight excluding hydrogens is 436 g/mol. The van der Waals surface area contributed by atoms with Crippen LogP contribution in [-0.4, -0.2) is 26.4 Å². The van der Waals surface area contributed by atoms with E-state index in [-0.39, 0.29) is 23.8 Å². The lowest BCUT2D eigenvalue weighted by atomic mass is 10.2. The van der Waals surface area contributed by atoms with E-state index in [4.69, 9.17) is 4.74 Å². The zero-order valence-corrected chi connectivity index (χ0v) is 17.1. The van der Waals surface area contributed by atoms with Gasteiger partial charge in [-0.05, 0) is 37.3 Å². The van der Waals surface area contributed by atoms with Crippen molar-refractivity contribution in [1.82, 2.24) is 14.8 Å². The third-order valence-corrected chi connectivity index (χ3v) is 5.09. The Hall–Kier alpha value is -3.08. The number of para-hydroxylation sites is 1. The van der Waals surface area contributed by atoms with Crippen molar-refractivity contribution in [2.75, 3.05) is 11.1 Å². The summed E-state index contributed by atoms with van der Waals surface area (Å²) in [6, 6.07) is 10.4. The largest absolute Gasteiger partial charge is 0.486 e. The van der Waals surface area contributed by atoms with E-state index in [2.05, 4.69) is 15.5 Å². The first-order valence-electron chi connectivity index (χ1n) is 9.17. The number of thioether (sulfide) groups is 1. The van der Waals surface area contributed by atoms with Gasteiger partial charge in [0.2, 0.25) is 5.91 Å². The second-order valence-electron chi connectivity index (χ2n) is 6.27. The topological polar surface area (TPSA) is 69.0 Å². The van der Waals surface area contributed by atoms with Gasteiger partial charge in [0.1, 0.15) is 18.2 Å². The molecule has 0 spiro atoms. The fraction of sp³-hybridized carbons (Fsp3) is 0.250. The predicted octanol–water partition coefficient (Wildman–Crippen LogP) is 4.77. The second-order valence-corrected chi connectivity index (χ2v) is 7.22. The number of nitrogens with one attached hydrogen (secondary N) is 1. The number of aromatic nitrogens is 3. The first kappa shape index (κ1) is 22.6. The molecule has 0 aliphatic heterocycles. The molecule has 0 aliphatic rings. The molecule has 0 atom stereocenters. The Morgan fingerprint density at radius 3 is 2.65 bits per heavy atom. The van der Waals surface area contributed by atoms with Crippen LogP contribution in [0.3, 0.4) is 0 Å². The van der Waals surface area contributed by atoms with Crippen LogP contribution >= 0.6 is 11.8 Å². The van der Waals surface area contributed by atoms with E-state index in [0.29, 0.717) is 17.5 Å². The lowest BCUT2D eigenvalue weighted by Crippen LogP contribution is -2.15. The molecule has 164 valence electrons. The first-order chi connectivity index (χ1) is 14.8. The van der Waals surface area contributed by atoms with Gasteiger partial charge in [-0.3, -0.25) is 4.79 Å². The van der Waals surface area contributed by atoms with Gasteiger partial charge in [0, 0.05) is 6.54 Å². The van der Waals surface area contributed by atoms with Gasteiger partial charge in [0.25, 0.3) is 0 Å². The standard InChI is InChI=1S/C20H18F4N4O2S/c1-2-28-17(11-30-14-7-5-6-13(10-14)20(22,23)24)26-27-19(28)31-12-18(29)25-16-9-4-3-8-15(16)21/h3-10H,2,11-12H2,1H3,(H,25,29). The van der Waals surface area contributed by atoms with Gasteiger partial charge in [-0.15, -0.1) is 10.2 Å². The summed E-state index contributed by atoms with van der Waals surface area (Å²) in [6.45, 7) is 2.20. The minimum absolute atomic E-state index is 0.0268. The predicted molar refractivity (Wildman–Crippen MR) is 107 cm³/mol. The summed E-state index contributed by atoms with van der Waals surface area (Å²) in [5, 5.41) is 10.9. The number of rotatable bonds is 8. The highest BCUT2D eigenvalue weighted by molar-refractivity contribution is 7.99. The van der Waals surface area contributed by atoms with Crippen molar-refractivity contribution in [2.24, 2.45) is 0 Å². The number of halogens is 4. The average Bonchev–Trinajstić information content (AvgIpc) is 3.14. The summed E-state index contributed by atoms with van der Waals surface area (Å²) in [6.07, 6.45) is -4.46. The molecule has 6 nitrogen and oxygen atoms in total. The molecule has 1 aromatic heterocycles. The first-order valence-corrected chi connectivity index (χ1v) is 10.2. The third-order valence-electron chi connectivity index (χ3n) is 4.12. The van der Waals surface area contributed by atoms with Crippen LogP contribution in [0.1, 0.15) is 18.3 Å². The summed E-state index contributed by atoms with van der Waals surface area (Å²) in [4.78, 5) is 12.1. The summed E-state index contributed by atoms with van der Waals surface area (Å²) in [7, 11) is 0. The number of carbonyl (C=O) groups excluding carboxylic acids is 1. The van der Waals surface area contributed by atoms with Gasteiger partial charge in [0.15, 0.2) is 11.0 Å². The lowest BCUT2D eigenvalue weighted by molar-refractivity contribution is -0.137. The van der Waals surface area contributed by atoms with Crippen LogP contribution in [0, 0.1) is 5.82 Å². The summed E-state index contributed by atoms with van der Waals surface area (Å²) in [5.74, 6) is -0.522. The molecule has 1 N–H and O–H groups in total. The van der Waals surface area contributed by atoms with Crippen molar-refractivity contribution in [3.05, 3.63) is 65.7 Å². The number of anilines is 1. The number of carbonyl (C=O) groups is 1. The van der Waals surface area contributed by atoms with Crippen LogP contribution in [0.25, 0.3) is 0 Å². The van der Waals surface area contributed by atoms with Crippen LogP contribution < -0.4 is 10.1 Å². The van der Waals surface area contributed by atoms with Gasteiger partial charge in [-0.1, -0.05) is 30.0 Å². The third kappa shape index (κ3) is 5.97. The summed E-state index contributed by atoms with van der Waals surface area (Å²) >= 11 is 1.10. The summed E-state index contributed by atoms with van der Waals surface area (Å²) in [5.41, 5.74) is -0.723. The average molecular weight is 454 g/mol. The Balaban J connectivity index is 1.60. The summed E-state index contributed by atoms with van der Waals surface area (Å²) < 4.78 is 59.2. The molecule has 0 aliphatic carbocycles. The molecule has 11 heteroatoms. The molecule has 0 radical (unpaired) electrons. The second kappa shape index (κ2) is 9.82. The number of nitrogens with zero attached hydrogens (tertiary/aromatic N) is 3. The highest BCUT2D eigenvalue weighted by atomic mass is 32.2. The zero-order valence-electron chi connectivity index (χ0n) is 16.3. The lowest BCUT2D eigenvalue weighted by Gasteiger charge is -2.11. The molecular formula is C20H18F4N4O2S. The number of alkyl halides is 3. The smallest absolute Gasteiger partial charge is 0.416 e. The minimum atomic E-state index is -4.46. The van der Waals surface area contributed by atoms with Crippen LogP contribution in [0.4, 0.5) is 23.2 Å². The monoisotopic (exact) mass is 454 g/mol. The van der Waals surface area contributed by atoms with E-state index in [9.17, 15) is 22.4 Å². The highest BCUT2D eigenvalue weighted by Gasteiger charge is 2.30. The fourth-order valence-electron chi connectivity index (χ4n) is 2.64. The van der Waals surface area contributed by atoms with Crippen LogP contribution in [0.5, 0.6) is 5.75 Å². The minimum Gasteiger partial charge on any atom is -0.486 e. The fourth-order valence-corrected chi connectivity index (χ4v) is 3.46. The number of amides is 1. The Labute approximate surface area is 179 Å². The van der Waals surface area contributed by atoms with E-state index in [1.54, 1.807) is 10.6 Å². The van der Waals surface area contributed by atoms with Crippen molar-refractivity contribution in [3.63, 3.8) is 0 Å². The van der Waals surface area contributed by atoms with Crippen LogP contribution in [0.15, 0.2) is 53.7 Å². The number of hydrogen-bond donors (Lipinski definition) is 1. The SMILES string of the molecule is CCn1c(COc2cccc(C(F)(F)F)c2)nnc1SCC(=O)Nc1ccccc1F. The molecule has 3 rings (SSSR count). The molecule has 1 heterocycles. The molecule has 0 bridgehead atoms. The van der Waals surface area contributed by atoms with Crippen molar-refractivity contribution in [3.8, 4) is 5.75 Å². The van der Waals surface area contributed by atoms with E-state index in [1.807, 2.05) is 6.92 Å². The molecule has 0 fully saturated rings. The van der Waals surface area contributed by atoms with Crippen molar-refractivity contribution >= 4 is 23.4 Å². The maximum atomic E-state index is 13.6. The molecule has 0 unspecified atom stereocenters. The van der Waals surface area contributed by atoms with Gasteiger partial charge in [-0.25, -0.2) is 4.39 Å². The van der Waals surface area contributed by atoms with Gasteiger partial charge >= 0.3 is 6.18 Å². The molecule has 2 aromatic carbocycles. The van der Waals surface area contributed by atoms with Crippen LogP contribution in [-0.2, 0) is 24.1 Å². The number of benzene rings is 2. The molecule has 0 saturated heterocycles. The normalized spacial score (nSPS) is 11.4. The van der Waals surface area contributed by atoms with Crippen molar-refractivity contribution < 1.29 is 27.1 Å². The van der Waals surface area contributed by atoms with E-state index < -0.39 is 23.5 Å². The Kier molecular flexibility index (Phi) is 7.16. The van der Waals surface area contributed by atoms with Crippen molar-refractivity contribution in [2.45, 2.75) is 31.4 Å². The van der Waals surface area contributed by atoms with Crippen molar-refractivity contribution in [1.29, 1.82) is 0 Å². The molecule has 1 amide bonds. The van der Waals surface area contributed by atoms with E-state index in [1.165, 1.54) is 30.3 Å². The van der Waals surface area contributed by atoms with Crippen LogP contribution in [0.2, 0.25) is 0 Å². The quantitative estimate of drug-likeness (QED) is 0.392. The van der Waals surface area contributed by atoms with Gasteiger partial charge in [0.05, 0.1) is 17.0 Å². The molecule has 3 aromatic rings.